The molecule has 0 saturated heterocycles. The highest BCUT2D eigenvalue weighted by Gasteiger charge is 2.33. The number of benzene rings is 2. The predicted octanol–water partition coefficient (Wildman–Crippen LogP) is 3.32. The minimum atomic E-state index is -3.38. The van der Waals surface area contributed by atoms with E-state index in [9.17, 15) is 13.2 Å². The number of nitrogens with zero attached hydrogens (tertiary/aromatic N) is 1. The molecular weight excluding hydrogens is 418 g/mol. The van der Waals surface area contributed by atoms with E-state index in [1.54, 1.807) is 24.3 Å². The molecule has 0 spiro atoms. The normalized spacial score (nSPS) is 17.0. The van der Waals surface area contributed by atoms with Crippen LogP contribution < -0.4 is 19.1 Å². The molecule has 154 valence electrons. The SMILES string of the molecule is COc1cc(C(=O)N(c2ccc(Cl)cc2)[C@@H]2C=CS(=O)(=O)C2)cc(OC)c1OC. The molecule has 3 rings (SSSR count). The van der Waals surface area contributed by atoms with Gasteiger partial charge >= 0.3 is 0 Å². The molecule has 1 atom stereocenters. The van der Waals surface area contributed by atoms with Crippen LogP contribution in [0.2, 0.25) is 5.02 Å². The number of sulfone groups is 1. The van der Waals surface area contributed by atoms with Gasteiger partial charge < -0.3 is 19.1 Å². The van der Waals surface area contributed by atoms with Crippen LogP contribution in [0.1, 0.15) is 10.4 Å². The highest BCUT2D eigenvalue weighted by atomic mass is 35.5. The van der Waals surface area contributed by atoms with Gasteiger partial charge in [0.05, 0.1) is 33.1 Å². The Morgan fingerprint density at radius 2 is 1.62 bits per heavy atom. The molecule has 1 heterocycles. The van der Waals surface area contributed by atoms with Crippen LogP contribution >= 0.6 is 11.6 Å². The first-order chi connectivity index (χ1) is 13.8. The van der Waals surface area contributed by atoms with Crippen LogP contribution in [0.5, 0.6) is 17.2 Å². The zero-order valence-corrected chi connectivity index (χ0v) is 17.7. The van der Waals surface area contributed by atoms with E-state index in [-0.39, 0.29) is 11.3 Å². The maximum absolute atomic E-state index is 13.5. The highest BCUT2D eigenvalue weighted by molar-refractivity contribution is 7.94. The first-order valence-electron chi connectivity index (χ1n) is 8.59. The van der Waals surface area contributed by atoms with Crippen molar-refractivity contribution in [1.29, 1.82) is 0 Å². The van der Waals surface area contributed by atoms with Crippen molar-refractivity contribution in [3.05, 3.63) is 58.5 Å². The molecule has 1 amide bonds. The molecule has 0 saturated carbocycles. The summed E-state index contributed by atoms with van der Waals surface area (Å²) in [5.74, 6) is 0.374. The van der Waals surface area contributed by atoms with E-state index in [0.717, 1.165) is 5.41 Å². The van der Waals surface area contributed by atoms with Gasteiger partial charge in [-0.3, -0.25) is 4.79 Å². The van der Waals surface area contributed by atoms with Gasteiger partial charge in [0.15, 0.2) is 21.3 Å². The molecule has 2 aromatic carbocycles. The molecule has 0 N–H and O–H groups in total. The summed E-state index contributed by atoms with van der Waals surface area (Å²) in [7, 11) is 0.996. The number of carbonyl (C=O) groups is 1. The van der Waals surface area contributed by atoms with Crippen molar-refractivity contribution in [2.24, 2.45) is 0 Å². The first-order valence-corrected chi connectivity index (χ1v) is 10.7. The van der Waals surface area contributed by atoms with Crippen LogP contribution in [0, 0.1) is 0 Å². The van der Waals surface area contributed by atoms with Gasteiger partial charge in [0.2, 0.25) is 5.75 Å². The quantitative estimate of drug-likeness (QED) is 0.689. The number of hydrogen-bond acceptors (Lipinski definition) is 6. The number of amides is 1. The maximum atomic E-state index is 13.5. The molecule has 2 aromatic rings. The summed E-state index contributed by atoms with van der Waals surface area (Å²) in [5.41, 5.74) is 0.770. The zero-order chi connectivity index (χ0) is 21.2. The summed E-state index contributed by atoms with van der Waals surface area (Å²) < 4.78 is 39.9. The Hall–Kier alpha value is -2.71. The smallest absolute Gasteiger partial charge is 0.259 e. The van der Waals surface area contributed by atoms with Gasteiger partial charge in [-0.1, -0.05) is 11.6 Å². The van der Waals surface area contributed by atoms with Crippen molar-refractivity contribution < 1.29 is 27.4 Å². The topological polar surface area (TPSA) is 82.1 Å². The third-order valence-electron chi connectivity index (χ3n) is 4.48. The summed E-state index contributed by atoms with van der Waals surface area (Å²) in [5, 5.41) is 1.63. The Morgan fingerprint density at radius 3 is 2.07 bits per heavy atom. The lowest BCUT2D eigenvalue weighted by molar-refractivity contribution is 0.0982. The van der Waals surface area contributed by atoms with Crippen LogP contribution in [-0.2, 0) is 9.84 Å². The molecule has 0 bridgehead atoms. The molecule has 9 heteroatoms. The lowest BCUT2D eigenvalue weighted by Crippen LogP contribution is -2.41. The van der Waals surface area contributed by atoms with Crippen LogP contribution in [0.15, 0.2) is 47.9 Å². The monoisotopic (exact) mass is 437 g/mol. The molecule has 1 aliphatic rings. The fraction of sp³-hybridized carbons (Fsp3) is 0.250. The largest absolute Gasteiger partial charge is 0.493 e. The van der Waals surface area contributed by atoms with Gasteiger partial charge in [-0.05, 0) is 42.5 Å². The van der Waals surface area contributed by atoms with Gasteiger partial charge in [-0.2, -0.15) is 0 Å². The Balaban J connectivity index is 2.10. The van der Waals surface area contributed by atoms with Gasteiger partial charge in [0.25, 0.3) is 5.91 Å². The van der Waals surface area contributed by atoms with E-state index in [2.05, 4.69) is 0 Å². The zero-order valence-electron chi connectivity index (χ0n) is 16.1. The highest BCUT2D eigenvalue weighted by Crippen LogP contribution is 2.39. The summed E-state index contributed by atoms with van der Waals surface area (Å²) >= 11 is 5.97. The minimum absolute atomic E-state index is 0.203. The van der Waals surface area contributed by atoms with E-state index in [0.29, 0.717) is 28.0 Å². The number of hydrogen-bond donors (Lipinski definition) is 0. The maximum Gasteiger partial charge on any atom is 0.259 e. The Bertz CT molecular complexity index is 1020. The van der Waals surface area contributed by atoms with E-state index in [1.165, 1.54) is 44.4 Å². The molecule has 1 aliphatic heterocycles. The second-order valence-corrected chi connectivity index (χ2v) is 8.66. The van der Waals surface area contributed by atoms with Crippen molar-refractivity contribution in [2.75, 3.05) is 32.0 Å². The van der Waals surface area contributed by atoms with E-state index in [1.807, 2.05) is 0 Å². The lowest BCUT2D eigenvalue weighted by Gasteiger charge is -2.28. The lowest BCUT2D eigenvalue weighted by atomic mass is 10.1. The third kappa shape index (κ3) is 4.33. The second kappa shape index (κ2) is 8.34. The summed E-state index contributed by atoms with van der Waals surface area (Å²) in [6, 6.07) is 9.00. The molecule has 0 fully saturated rings. The average Bonchev–Trinajstić information content (AvgIpc) is 3.07. The number of carbonyl (C=O) groups excluding carboxylic acids is 1. The van der Waals surface area contributed by atoms with E-state index < -0.39 is 21.8 Å². The molecule has 29 heavy (non-hydrogen) atoms. The van der Waals surface area contributed by atoms with E-state index in [4.69, 9.17) is 25.8 Å². The summed E-state index contributed by atoms with van der Waals surface area (Å²) in [4.78, 5) is 14.9. The van der Waals surface area contributed by atoms with Crippen LogP contribution in [-0.4, -0.2) is 47.4 Å². The van der Waals surface area contributed by atoms with Crippen LogP contribution in [0.4, 0.5) is 5.69 Å². The van der Waals surface area contributed by atoms with Crippen molar-refractivity contribution in [2.45, 2.75) is 6.04 Å². The van der Waals surface area contributed by atoms with Crippen LogP contribution in [0.3, 0.4) is 0 Å². The number of halogens is 1. The Morgan fingerprint density at radius 1 is 1.03 bits per heavy atom. The molecular formula is C20H20ClNO6S. The molecule has 0 aromatic heterocycles. The molecule has 7 nitrogen and oxygen atoms in total. The van der Waals surface area contributed by atoms with Crippen molar-refractivity contribution in [3.8, 4) is 17.2 Å². The Labute approximate surface area is 174 Å². The number of methoxy groups -OCH3 is 3. The average molecular weight is 438 g/mol. The fourth-order valence-electron chi connectivity index (χ4n) is 3.12. The number of rotatable bonds is 6. The van der Waals surface area contributed by atoms with Crippen LogP contribution in [0.25, 0.3) is 0 Å². The van der Waals surface area contributed by atoms with E-state index >= 15 is 0 Å². The predicted molar refractivity (Wildman–Crippen MR) is 111 cm³/mol. The molecule has 0 aliphatic carbocycles. The first kappa shape index (κ1) is 21.0. The number of ether oxygens (including phenoxy) is 3. The molecule has 0 radical (unpaired) electrons. The van der Waals surface area contributed by atoms with Gasteiger partial charge in [-0.25, -0.2) is 8.42 Å². The fourth-order valence-corrected chi connectivity index (χ4v) is 4.52. The molecule has 0 unspecified atom stereocenters. The van der Waals surface area contributed by atoms with Crippen molar-refractivity contribution >= 4 is 33.0 Å². The summed E-state index contributed by atoms with van der Waals surface area (Å²) in [6.07, 6.45) is 1.50. The minimum Gasteiger partial charge on any atom is -0.493 e. The third-order valence-corrected chi connectivity index (χ3v) is 6.11. The summed E-state index contributed by atoms with van der Waals surface area (Å²) in [6.45, 7) is 0. The standard InChI is InChI=1S/C20H20ClNO6S/c1-26-17-10-13(11-18(27-2)19(17)28-3)20(23)22(15-6-4-14(21)5-7-15)16-8-9-29(24,25)12-16/h4-11,16H,12H2,1-3H3/t16-/m1/s1. The van der Waals surface area contributed by atoms with Gasteiger partial charge in [0, 0.05) is 21.7 Å². The van der Waals surface area contributed by atoms with Gasteiger partial charge in [0.1, 0.15) is 0 Å². The Kier molecular flexibility index (Phi) is 6.04. The second-order valence-electron chi connectivity index (χ2n) is 6.29. The number of anilines is 1. The van der Waals surface area contributed by atoms with Crippen molar-refractivity contribution in [3.63, 3.8) is 0 Å². The van der Waals surface area contributed by atoms with Crippen molar-refractivity contribution in [1.82, 2.24) is 0 Å². The van der Waals surface area contributed by atoms with Gasteiger partial charge in [-0.15, -0.1) is 0 Å².